The van der Waals surface area contributed by atoms with Crippen molar-refractivity contribution >= 4 is 5.69 Å². The minimum absolute atomic E-state index is 0.108. The number of hydrogen-bond acceptors (Lipinski definition) is 3. The molecule has 2 N–H and O–H groups in total. The van der Waals surface area contributed by atoms with E-state index in [1.165, 1.54) is 41.0 Å². The molecule has 0 atom stereocenters. The Hall–Kier alpha value is -2.56. The molecule has 3 heterocycles. The van der Waals surface area contributed by atoms with Gasteiger partial charge in [0.15, 0.2) is 0 Å². The van der Waals surface area contributed by atoms with Crippen molar-refractivity contribution in [3.63, 3.8) is 0 Å². The number of aliphatic hydroxyl groups is 1. The molecule has 0 saturated carbocycles. The van der Waals surface area contributed by atoms with Crippen LogP contribution in [0.15, 0.2) is 66.9 Å². The van der Waals surface area contributed by atoms with Gasteiger partial charge in [-0.2, -0.15) is 0 Å². The molecule has 5 rings (SSSR count). The third-order valence-corrected chi connectivity index (χ3v) is 5.81. The average Bonchev–Trinajstić information content (AvgIpc) is 3.30. The van der Waals surface area contributed by atoms with Crippen LogP contribution in [0.25, 0.3) is 5.69 Å². The Morgan fingerprint density at radius 1 is 0.906 bits per heavy atom. The maximum Gasteiger partial charge on any atom is 0.0804 e. The van der Waals surface area contributed by atoms with Gasteiger partial charge in [0.1, 0.15) is 0 Å². The van der Waals surface area contributed by atoms with Crippen LogP contribution in [0.5, 0.6) is 0 Å². The highest BCUT2D eigenvalue weighted by molar-refractivity contribution is 5.68. The lowest BCUT2D eigenvalue weighted by molar-refractivity contribution is 0.199. The largest absolute Gasteiger partial charge is 0.397 e. The first-order valence-electron chi connectivity index (χ1n) is 11.9. The normalized spacial score (nSPS) is 15.3. The van der Waals surface area contributed by atoms with Crippen LogP contribution in [-0.2, 0) is 5.54 Å². The number of rotatable bonds is 0. The monoisotopic (exact) mass is 435 g/mol. The van der Waals surface area contributed by atoms with Crippen LogP contribution in [0.4, 0.5) is 5.69 Å². The third-order valence-electron chi connectivity index (χ3n) is 5.81. The van der Waals surface area contributed by atoms with Crippen molar-refractivity contribution in [3.8, 4) is 5.69 Å². The summed E-state index contributed by atoms with van der Waals surface area (Å²) in [5.74, 6) is 0. The summed E-state index contributed by atoms with van der Waals surface area (Å²) < 4.78 is 2.37. The predicted molar refractivity (Wildman–Crippen MR) is 138 cm³/mol. The molecule has 4 nitrogen and oxygen atoms in total. The molecular formula is C28H41N3O. The fraction of sp³-hybridized carbons (Fsp3) is 0.429. The van der Waals surface area contributed by atoms with E-state index < -0.39 is 0 Å². The topological polar surface area (TPSA) is 40.4 Å². The molecular weight excluding hydrogens is 394 g/mol. The van der Waals surface area contributed by atoms with Crippen LogP contribution < -0.4 is 5.32 Å². The van der Waals surface area contributed by atoms with E-state index in [0.717, 1.165) is 13.1 Å². The highest BCUT2D eigenvalue weighted by Crippen LogP contribution is 2.43. The number of nitrogens with one attached hydrogen (secondary N) is 1. The van der Waals surface area contributed by atoms with Gasteiger partial charge in [0.25, 0.3) is 0 Å². The van der Waals surface area contributed by atoms with E-state index in [1.54, 1.807) is 6.92 Å². The number of piperidine rings is 1. The molecule has 2 aliphatic rings. The lowest BCUT2D eigenvalue weighted by Gasteiger charge is -2.45. The summed E-state index contributed by atoms with van der Waals surface area (Å²) in [6.07, 6.45) is 4.53. The van der Waals surface area contributed by atoms with Gasteiger partial charge in [-0.25, -0.2) is 0 Å². The van der Waals surface area contributed by atoms with Crippen molar-refractivity contribution in [2.45, 2.75) is 53.0 Å². The van der Waals surface area contributed by atoms with E-state index in [9.17, 15) is 0 Å². The molecule has 3 aromatic rings. The summed E-state index contributed by atoms with van der Waals surface area (Å²) in [4.78, 5) is 2.42. The molecule has 2 aliphatic heterocycles. The Morgan fingerprint density at radius 3 is 2.09 bits per heavy atom. The van der Waals surface area contributed by atoms with Gasteiger partial charge in [-0.3, -0.25) is 0 Å². The quantitative estimate of drug-likeness (QED) is 0.445. The zero-order valence-electron chi connectivity index (χ0n) is 20.7. The minimum atomic E-state index is 0.108. The highest BCUT2D eigenvalue weighted by Gasteiger charge is 2.40. The van der Waals surface area contributed by atoms with Gasteiger partial charge >= 0.3 is 0 Å². The summed E-state index contributed by atoms with van der Waals surface area (Å²) >= 11 is 0. The van der Waals surface area contributed by atoms with Crippen LogP contribution in [0.1, 0.15) is 50.4 Å². The third kappa shape index (κ3) is 6.24. The van der Waals surface area contributed by atoms with Gasteiger partial charge in [0, 0.05) is 31.6 Å². The lowest BCUT2D eigenvalue weighted by atomic mass is 9.82. The predicted octanol–water partition coefficient (Wildman–Crippen LogP) is 6.15. The molecule has 0 bridgehead atoms. The van der Waals surface area contributed by atoms with Gasteiger partial charge in [0.2, 0.25) is 0 Å². The van der Waals surface area contributed by atoms with Gasteiger partial charge in [-0.1, -0.05) is 55.8 Å². The number of fused-ring (bicyclic) bond motifs is 4. The molecule has 1 saturated heterocycles. The molecule has 1 spiro atoms. The minimum Gasteiger partial charge on any atom is -0.397 e. The van der Waals surface area contributed by atoms with Crippen molar-refractivity contribution in [3.05, 3.63) is 83.7 Å². The molecule has 32 heavy (non-hydrogen) atoms. The molecule has 1 fully saturated rings. The maximum absolute atomic E-state index is 7.57. The fourth-order valence-electron chi connectivity index (χ4n) is 4.18. The number of hydrogen-bond donors (Lipinski definition) is 2. The number of aryl methyl sites for hydroxylation is 2. The van der Waals surface area contributed by atoms with Crippen LogP contribution in [0.3, 0.4) is 0 Å². The van der Waals surface area contributed by atoms with Crippen molar-refractivity contribution in [2.24, 2.45) is 0 Å². The second-order valence-corrected chi connectivity index (χ2v) is 8.27. The zero-order valence-corrected chi connectivity index (χ0v) is 20.7. The first kappa shape index (κ1) is 25.7. The smallest absolute Gasteiger partial charge is 0.0804 e. The molecule has 0 unspecified atom stereocenters. The molecule has 0 aliphatic carbocycles. The Kier molecular flexibility index (Phi) is 10.0. The van der Waals surface area contributed by atoms with Gasteiger partial charge < -0.3 is 19.9 Å². The van der Waals surface area contributed by atoms with E-state index in [-0.39, 0.29) is 12.1 Å². The maximum atomic E-state index is 7.57. The SMILES string of the molecule is CC.CCO.Cc1ccc2c(c1)NC1(CCN(C)CC1)c1cccn1-2.Cc1ccccc1. The van der Waals surface area contributed by atoms with Gasteiger partial charge in [-0.15, -0.1) is 0 Å². The van der Waals surface area contributed by atoms with Crippen LogP contribution in [-0.4, -0.2) is 41.3 Å². The molecule has 1 aromatic heterocycles. The van der Waals surface area contributed by atoms with E-state index in [1.807, 2.05) is 32.0 Å². The van der Waals surface area contributed by atoms with Gasteiger partial charge in [-0.05, 0) is 70.5 Å². The Balaban J connectivity index is 0.000000253. The molecule has 174 valence electrons. The number of likely N-dealkylation sites (tertiary alicyclic amines) is 1. The van der Waals surface area contributed by atoms with Crippen molar-refractivity contribution in [1.29, 1.82) is 0 Å². The molecule has 0 radical (unpaired) electrons. The standard InChI is InChI=1S/C17H21N3.C7H8.C2H6O.C2H6/c1-13-5-6-15-14(12-13)18-17(7-10-19(2)11-8-17)16-4-3-9-20(15)16;1-7-5-3-2-4-6-7;1-2-3;1-2/h3-6,9,12,18H,7-8,10-11H2,1-2H3;2-6H,1H3;3H,2H2,1H3;1-2H3. The van der Waals surface area contributed by atoms with E-state index in [0.29, 0.717) is 0 Å². The van der Waals surface area contributed by atoms with Crippen LogP contribution >= 0.6 is 0 Å². The number of nitrogens with zero attached hydrogens (tertiary/aromatic N) is 2. The summed E-state index contributed by atoms with van der Waals surface area (Å²) in [7, 11) is 2.22. The fourth-order valence-corrected chi connectivity index (χ4v) is 4.18. The second kappa shape index (κ2) is 12.5. The molecule has 4 heteroatoms. The Labute approximate surface area is 194 Å². The van der Waals surface area contributed by atoms with Gasteiger partial charge in [0.05, 0.1) is 16.9 Å². The van der Waals surface area contributed by atoms with Crippen molar-refractivity contribution < 1.29 is 5.11 Å². The Bertz CT molecular complexity index is 925. The van der Waals surface area contributed by atoms with Crippen LogP contribution in [0.2, 0.25) is 0 Å². The highest BCUT2D eigenvalue weighted by atomic mass is 16.2. The van der Waals surface area contributed by atoms with E-state index in [2.05, 4.69) is 84.3 Å². The summed E-state index contributed by atoms with van der Waals surface area (Å²) in [5.41, 5.74) is 6.72. The zero-order chi connectivity index (χ0) is 23.6. The summed E-state index contributed by atoms with van der Waals surface area (Å²) in [6.45, 7) is 12.5. The summed E-state index contributed by atoms with van der Waals surface area (Å²) in [5, 5.41) is 11.4. The second-order valence-electron chi connectivity index (χ2n) is 8.27. The molecule has 2 aromatic carbocycles. The van der Waals surface area contributed by atoms with E-state index >= 15 is 0 Å². The number of anilines is 1. The van der Waals surface area contributed by atoms with Crippen molar-refractivity contribution in [1.82, 2.24) is 9.47 Å². The first-order chi connectivity index (χ1) is 15.5. The van der Waals surface area contributed by atoms with Crippen molar-refractivity contribution in [2.75, 3.05) is 32.1 Å². The Morgan fingerprint density at radius 2 is 1.53 bits per heavy atom. The number of aromatic nitrogens is 1. The first-order valence-corrected chi connectivity index (χ1v) is 11.9. The molecule has 0 amide bonds. The van der Waals surface area contributed by atoms with Crippen LogP contribution in [0, 0.1) is 13.8 Å². The lowest BCUT2D eigenvalue weighted by Crippen LogP contribution is -2.48. The average molecular weight is 436 g/mol. The van der Waals surface area contributed by atoms with E-state index in [4.69, 9.17) is 5.11 Å². The number of benzene rings is 2. The summed E-state index contributed by atoms with van der Waals surface area (Å²) in [6, 6.07) is 21.4. The number of aliphatic hydroxyl groups excluding tert-OH is 1.